The average molecular weight is 352 g/mol. The molecule has 0 spiro atoms. The number of amides is 1. The number of rotatable bonds is 3. The molecule has 0 aromatic heterocycles. The van der Waals surface area contributed by atoms with Crippen LogP contribution in [0.1, 0.15) is 15.9 Å². The Hall–Kier alpha value is -2.41. The van der Waals surface area contributed by atoms with Crippen LogP contribution in [0.2, 0.25) is 0 Å². The normalized spacial score (nSPS) is 11.2. The van der Waals surface area contributed by atoms with Crippen LogP contribution >= 0.6 is 15.9 Å². The van der Waals surface area contributed by atoms with Gasteiger partial charge in [0.2, 0.25) is 0 Å². The van der Waals surface area contributed by atoms with Crippen LogP contribution in [0.5, 0.6) is 0 Å². The molecule has 0 atom stereocenters. The fraction of sp³-hybridized carbons (Fsp3) is 0. The quantitative estimate of drug-likeness (QED) is 0.344. The first-order valence-corrected chi connectivity index (χ1v) is 6.65. The third-order valence-electron chi connectivity index (χ3n) is 2.70. The molecule has 7 heteroatoms. The number of amidine groups is 1. The van der Waals surface area contributed by atoms with Gasteiger partial charge in [0.05, 0.1) is 5.69 Å². The SMILES string of the molecule is N/C(=N/O)c1cc(F)ccc1NC(=O)c1cccc(Br)c1. The van der Waals surface area contributed by atoms with Gasteiger partial charge >= 0.3 is 0 Å². The van der Waals surface area contributed by atoms with E-state index in [9.17, 15) is 9.18 Å². The molecule has 0 heterocycles. The van der Waals surface area contributed by atoms with Crippen LogP contribution in [0, 0.1) is 5.82 Å². The number of benzene rings is 2. The second-order valence-electron chi connectivity index (χ2n) is 4.14. The molecule has 0 aliphatic rings. The summed E-state index contributed by atoms with van der Waals surface area (Å²) in [7, 11) is 0. The van der Waals surface area contributed by atoms with Gasteiger partial charge in [-0.25, -0.2) is 4.39 Å². The number of carbonyl (C=O) groups is 1. The van der Waals surface area contributed by atoms with Crippen molar-refractivity contribution in [3.63, 3.8) is 0 Å². The minimum atomic E-state index is -0.558. The van der Waals surface area contributed by atoms with E-state index in [1.165, 1.54) is 12.1 Å². The standard InChI is InChI=1S/C14H11BrFN3O2/c15-9-3-1-2-8(6-9)14(20)18-12-5-4-10(16)7-11(12)13(17)19-21/h1-7,21H,(H2,17,19)(H,18,20). The Morgan fingerprint density at radius 3 is 2.71 bits per heavy atom. The Balaban J connectivity index is 2.33. The zero-order chi connectivity index (χ0) is 15.4. The number of halogens is 2. The Morgan fingerprint density at radius 2 is 2.05 bits per heavy atom. The molecule has 0 bridgehead atoms. The second-order valence-corrected chi connectivity index (χ2v) is 5.06. The van der Waals surface area contributed by atoms with Gasteiger partial charge in [-0.1, -0.05) is 27.2 Å². The summed E-state index contributed by atoms with van der Waals surface area (Å²) in [6.07, 6.45) is 0. The molecule has 0 radical (unpaired) electrons. The monoisotopic (exact) mass is 351 g/mol. The molecule has 108 valence electrons. The molecule has 0 unspecified atom stereocenters. The summed E-state index contributed by atoms with van der Waals surface area (Å²) in [6, 6.07) is 10.4. The van der Waals surface area contributed by atoms with E-state index in [4.69, 9.17) is 10.9 Å². The van der Waals surface area contributed by atoms with E-state index >= 15 is 0 Å². The molecular formula is C14H11BrFN3O2. The molecule has 2 aromatic carbocycles. The van der Waals surface area contributed by atoms with Crippen LogP contribution in [0.4, 0.5) is 10.1 Å². The van der Waals surface area contributed by atoms with Crippen molar-refractivity contribution >= 4 is 33.4 Å². The fourth-order valence-electron chi connectivity index (χ4n) is 1.72. The molecule has 2 rings (SSSR count). The zero-order valence-electron chi connectivity index (χ0n) is 10.7. The maximum atomic E-state index is 13.2. The third kappa shape index (κ3) is 3.57. The van der Waals surface area contributed by atoms with E-state index in [0.717, 1.165) is 10.5 Å². The molecule has 2 aromatic rings. The highest BCUT2D eigenvalue weighted by atomic mass is 79.9. The first-order valence-electron chi connectivity index (χ1n) is 5.85. The number of nitrogens with zero attached hydrogens (tertiary/aromatic N) is 1. The third-order valence-corrected chi connectivity index (χ3v) is 3.19. The van der Waals surface area contributed by atoms with Gasteiger partial charge in [0.25, 0.3) is 5.91 Å². The molecule has 0 saturated heterocycles. The number of carbonyl (C=O) groups excluding carboxylic acids is 1. The Kier molecular flexibility index (Phi) is 4.54. The van der Waals surface area contributed by atoms with Gasteiger partial charge in [-0.3, -0.25) is 4.79 Å². The molecule has 5 nitrogen and oxygen atoms in total. The predicted molar refractivity (Wildman–Crippen MR) is 81.0 cm³/mol. The van der Waals surface area contributed by atoms with Crippen molar-refractivity contribution in [3.05, 3.63) is 63.9 Å². The van der Waals surface area contributed by atoms with Gasteiger partial charge in [0, 0.05) is 15.6 Å². The van der Waals surface area contributed by atoms with Crippen LogP contribution in [0.3, 0.4) is 0 Å². The smallest absolute Gasteiger partial charge is 0.255 e. The predicted octanol–water partition coefficient (Wildman–Crippen LogP) is 2.94. The number of hydrogen-bond acceptors (Lipinski definition) is 3. The van der Waals surface area contributed by atoms with Crippen LogP contribution < -0.4 is 11.1 Å². The van der Waals surface area contributed by atoms with Crippen molar-refractivity contribution < 1.29 is 14.4 Å². The van der Waals surface area contributed by atoms with E-state index in [1.807, 2.05) is 0 Å². The second kappa shape index (κ2) is 6.36. The Labute approximate surface area is 128 Å². The van der Waals surface area contributed by atoms with Crippen molar-refractivity contribution in [1.82, 2.24) is 0 Å². The Bertz CT molecular complexity index is 719. The topological polar surface area (TPSA) is 87.7 Å². The van der Waals surface area contributed by atoms with Crippen LogP contribution in [-0.4, -0.2) is 17.0 Å². The van der Waals surface area contributed by atoms with Crippen LogP contribution in [0.15, 0.2) is 52.1 Å². The highest BCUT2D eigenvalue weighted by Crippen LogP contribution is 2.19. The van der Waals surface area contributed by atoms with Gasteiger partial charge in [0.1, 0.15) is 5.82 Å². The molecule has 0 saturated carbocycles. The van der Waals surface area contributed by atoms with Gasteiger partial charge < -0.3 is 16.3 Å². The minimum Gasteiger partial charge on any atom is -0.409 e. The lowest BCUT2D eigenvalue weighted by atomic mass is 10.1. The fourth-order valence-corrected chi connectivity index (χ4v) is 2.11. The number of nitrogens with one attached hydrogen (secondary N) is 1. The van der Waals surface area contributed by atoms with Crippen molar-refractivity contribution in [1.29, 1.82) is 0 Å². The molecule has 0 aliphatic heterocycles. The number of oxime groups is 1. The lowest BCUT2D eigenvalue weighted by Crippen LogP contribution is -2.19. The summed E-state index contributed by atoms with van der Waals surface area (Å²) in [5.41, 5.74) is 6.24. The summed E-state index contributed by atoms with van der Waals surface area (Å²) in [5, 5.41) is 14.1. The number of hydrogen-bond donors (Lipinski definition) is 3. The highest BCUT2D eigenvalue weighted by molar-refractivity contribution is 9.10. The van der Waals surface area contributed by atoms with Gasteiger partial charge in [-0.05, 0) is 36.4 Å². The Morgan fingerprint density at radius 1 is 1.29 bits per heavy atom. The lowest BCUT2D eigenvalue weighted by molar-refractivity contribution is 0.102. The maximum Gasteiger partial charge on any atom is 0.255 e. The van der Waals surface area contributed by atoms with Crippen molar-refractivity contribution in [2.75, 3.05) is 5.32 Å². The highest BCUT2D eigenvalue weighted by Gasteiger charge is 2.13. The average Bonchev–Trinajstić information content (AvgIpc) is 2.48. The van der Waals surface area contributed by atoms with E-state index < -0.39 is 11.7 Å². The van der Waals surface area contributed by atoms with E-state index in [2.05, 4.69) is 26.4 Å². The van der Waals surface area contributed by atoms with Crippen molar-refractivity contribution in [3.8, 4) is 0 Å². The molecular weight excluding hydrogens is 341 g/mol. The molecule has 0 aliphatic carbocycles. The van der Waals surface area contributed by atoms with E-state index in [0.29, 0.717) is 5.56 Å². The number of anilines is 1. The molecule has 21 heavy (non-hydrogen) atoms. The molecule has 0 fully saturated rings. The van der Waals surface area contributed by atoms with Gasteiger partial charge in [0.15, 0.2) is 5.84 Å². The minimum absolute atomic E-state index is 0.0980. The summed E-state index contributed by atoms with van der Waals surface area (Å²) >= 11 is 3.27. The van der Waals surface area contributed by atoms with Crippen LogP contribution in [0.25, 0.3) is 0 Å². The largest absolute Gasteiger partial charge is 0.409 e. The van der Waals surface area contributed by atoms with Crippen molar-refractivity contribution in [2.24, 2.45) is 10.9 Å². The molecule has 4 N–H and O–H groups in total. The summed E-state index contributed by atoms with van der Waals surface area (Å²) in [5.74, 6) is -1.24. The molecule has 1 amide bonds. The summed E-state index contributed by atoms with van der Waals surface area (Å²) in [6.45, 7) is 0. The van der Waals surface area contributed by atoms with E-state index in [1.54, 1.807) is 24.3 Å². The van der Waals surface area contributed by atoms with Crippen molar-refractivity contribution in [2.45, 2.75) is 0 Å². The van der Waals surface area contributed by atoms with E-state index in [-0.39, 0.29) is 17.1 Å². The summed E-state index contributed by atoms with van der Waals surface area (Å²) < 4.78 is 14.0. The number of nitrogens with two attached hydrogens (primary N) is 1. The summed E-state index contributed by atoms with van der Waals surface area (Å²) in [4.78, 5) is 12.1. The first kappa shape index (κ1) is 15.0. The van der Waals surface area contributed by atoms with Gasteiger partial charge in [-0.2, -0.15) is 0 Å². The lowest BCUT2D eigenvalue weighted by Gasteiger charge is -2.10. The zero-order valence-corrected chi connectivity index (χ0v) is 12.3. The van der Waals surface area contributed by atoms with Crippen LogP contribution in [-0.2, 0) is 0 Å². The van der Waals surface area contributed by atoms with Gasteiger partial charge in [-0.15, -0.1) is 0 Å². The first-order chi connectivity index (χ1) is 10.0. The maximum absolute atomic E-state index is 13.2.